The van der Waals surface area contributed by atoms with Gasteiger partial charge in [0.1, 0.15) is 4.21 Å². The van der Waals surface area contributed by atoms with E-state index in [9.17, 15) is 13.2 Å². The smallest absolute Gasteiger partial charge is 0.307 e. The van der Waals surface area contributed by atoms with Crippen molar-refractivity contribution in [2.24, 2.45) is 5.14 Å². The van der Waals surface area contributed by atoms with Crippen LogP contribution in [0.2, 0.25) is 0 Å². The maximum absolute atomic E-state index is 10.9. The minimum Gasteiger partial charge on any atom is -0.481 e. The van der Waals surface area contributed by atoms with Crippen molar-refractivity contribution >= 4 is 33.4 Å². The molecule has 82 valence electrons. The van der Waals surface area contributed by atoms with Gasteiger partial charge in [0.05, 0.1) is 6.42 Å². The van der Waals surface area contributed by atoms with Crippen molar-refractivity contribution in [1.82, 2.24) is 0 Å². The normalized spacial score (nSPS) is 12.1. The van der Waals surface area contributed by atoms with Gasteiger partial charge in [0.25, 0.3) is 0 Å². The van der Waals surface area contributed by atoms with E-state index in [1.807, 2.05) is 0 Å². The third-order valence-electron chi connectivity index (χ3n) is 1.46. The molecule has 0 unspecified atom stereocenters. The molecule has 1 rings (SSSR count). The molecule has 0 aliphatic rings. The Labute approximate surface area is 90.9 Å². The minimum atomic E-state index is -3.66. The quantitative estimate of drug-likeness (QED) is 0.825. The molecule has 1 heterocycles. The molecule has 3 N–H and O–H groups in total. The Hall–Kier alpha value is -1.18. The molecule has 0 radical (unpaired) electrons. The standard InChI is InChI=1S/C8H9NO4S2/c9-15(12,13)8-5-4-6(14-8)2-1-3-7(10)11/h1-2,4-5H,3H2,(H,10,11)(H2,9,12,13). The van der Waals surface area contributed by atoms with E-state index >= 15 is 0 Å². The first-order chi connectivity index (χ1) is 6.89. The van der Waals surface area contributed by atoms with Crippen LogP contribution in [0, 0.1) is 0 Å². The molecular formula is C8H9NO4S2. The highest BCUT2D eigenvalue weighted by Crippen LogP contribution is 2.21. The first-order valence-electron chi connectivity index (χ1n) is 3.90. The first-order valence-corrected chi connectivity index (χ1v) is 6.27. The van der Waals surface area contributed by atoms with Gasteiger partial charge in [0.2, 0.25) is 10.0 Å². The van der Waals surface area contributed by atoms with Crippen LogP contribution in [0.5, 0.6) is 0 Å². The lowest BCUT2D eigenvalue weighted by atomic mass is 10.3. The summed E-state index contributed by atoms with van der Waals surface area (Å²) in [5.41, 5.74) is 0. The monoisotopic (exact) mass is 247 g/mol. The van der Waals surface area contributed by atoms with E-state index in [4.69, 9.17) is 10.2 Å². The Morgan fingerprint density at radius 2 is 2.20 bits per heavy atom. The van der Waals surface area contributed by atoms with Crippen LogP contribution in [0.25, 0.3) is 6.08 Å². The van der Waals surface area contributed by atoms with E-state index in [0.717, 1.165) is 11.3 Å². The molecule has 0 saturated carbocycles. The number of hydrogen-bond donors (Lipinski definition) is 2. The van der Waals surface area contributed by atoms with E-state index in [1.54, 1.807) is 12.1 Å². The fourth-order valence-corrected chi connectivity index (χ4v) is 2.53. The number of rotatable bonds is 4. The van der Waals surface area contributed by atoms with Gasteiger partial charge < -0.3 is 5.11 Å². The van der Waals surface area contributed by atoms with Crippen LogP contribution >= 0.6 is 11.3 Å². The van der Waals surface area contributed by atoms with Crippen LogP contribution in [0.15, 0.2) is 22.4 Å². The maximum atomic E-state index is 10.9. The Bertz CT molecular complexity index is 486. The van der Waals surface area contributed by atoms with Gasteiger partial charge in [0.15, 0.2) is 0 Å². The minimum absolute atomic E-state index is 0.0671. The van der Waals surface area contributed by atoms with Crippen LogP contribution in [-0.2, 0) is 14.8 Å². The van der Waals surface area contributed by atoms with Gasteiger partial charge in [-0.3, -0.25) is 4.79 Å². The van der Waals surface area contributed by atoms with Crippen molar-refractivity contribution in [3.05, 3.63) is 23.1 Å². The number of carboxylic acid groups (broad SMARTS) is 1. The van der Waals surface area contributed by atoms with Gasteiger partial charge in [-0.1, -0.05) is 6.08 Å². The van der Waals surface area contributed by atoms with Gasteiger partial charge in [-0.25, -0.2) is 13.6 Å². The average molecular weight is 247 g/mol. The van der Waals surface area contributed by atoms with Crippen molar-refractivity contribution < 1.29 is 18.3 Å². The third-order valence-corrected chi connectivity index (χ3v) is 3.95. The predicted octanol–water partition coefficient (Wildman–Crippen LogP) is 0.883. The number of nitrogens with two attached hydrogens (primary N) is 1. The summed E-state index contributed by atoms with van der Waals surface area (Å²) in [5.74, 6) is -0.936. The Morgan fingerprint density at radius 1 is 1.53 bits per heavy atom. The van der Waals surface area contributed by atoms with Crippen LogP contribution in [0.3, 0.4) is 0 Å². The van der Waals surface area contributed by atoms with E-state index < -0.39 is 16.0 Å². The predicted molar refractivity (Wildman–Crippen MR) is 57.0 cm³/mol. The molecule has 0 aliphatic carbocycles. The molecule has 1 aromatic heterocycles. The largest absolute Gasteiger partial charge is 0.481 e. The summed E-state index contributed by atoms with van der Waals surface area (Å²) in [4.78, 5) is 10.8. The summed E-state index contributed by atoms with van der Waals surface area (Å²) in [6.07, 6.45) is 2.90. The number of sulfonamides is 1. The highest BCUT2D eigenvalue weighted by atomic mass is 32.2. The van der Waals surface area contributed by atoms with Crippen LogP contribution in [0.4, 0.5) is 0 Å². The number of carbonyl (C=O) groups is 1. The molecular weight excluding hydrogens is 238 g/mol. The zero-order valence-corrected chi connectivity index (χ0v) is 9.22. The topological polar surface area (TPSA) is 97.5 Å². The lowest BCUT2D eigenvalue weighted by Gasteiger charge is -1.88. The molecule has 0 saturated heterocycles. The SMILES string of the molecule is NS(=O)(=O)c1ccc(C=CCC(=O)O)s1. The molecule has 0 spiro atoms. The van der Waals surface area contributed by atoms with E-state index in [-0.39, 0.29) is 10.6 Å². The third kappa shape index (κ3) is 3.82. The highest BCUT2D eigenvalue weighted by molar-refractivity contribution is 7.91. The lowest BCUT2D eigenvalue weighted by molar-refractivity contribution is -0.135. The van der Waals surface area contributed by atoms with Crippen molar-refractivity contribution in [2.75, 3.05) is 0 Å². The van der Waals surface area contributed by atoms with Crippen molar-refractivity contribution in [2.45, 2.75) is 10.6 Å². The summed E-state index contributed by atoms with van der Waals surface area (Å²) in [7, 11) is -3.66. The van der Waals surface area contributed by atoms with Crippen molar-refractivity contribution in [3.8, 4) is 0 Å². The Kier molecular flexibility index (Phi) is 3.61. The maximum Gasteiger partial charge on any atom is 0.307 e. The van der Waals surface area contributed by atoms with Gasteiger partial charge in [-0.05, 0) is 18.2 Å². The summed E-state index contributed by atoms with van der Waals surface area (Å²) >= 11 is 0.999. The molecule has 0 aromatic carbocycles. The number of thiophene rings is 1. The lowest BCUT2D eigenvalue weighted by Crippen LogP contribution is -2.09. The van der Waals surface area contributed by atoms with Gasteiger partial charge in [-0.2, -0.15) is 0 Å². The summed E-state index contributed by atoms with van der Waals surface area (Å²) in [6, 6.07) is 2.96. The molecule has 7 heteroatoms. The zero-order chi connectivity index (χ0) is 11.5. The van der Waals surface area contributed by atoms with Crippen LogP contribution < -0.4 is 5.14 Å². The van der Waals surface area contributed by atoms with Gasteiger partial charge in [-0.15, -0.1) is 11.3 Å². The molecule has 0 bridgehead atoms. The van der Waals surface area contributed by atoms with Gasteiger partial charge >= 0.3 is 5.97 Å². The fourth-order valence-electron chi connectivity index (χ4n) is 0.853. The Morgan fingerprint density at radius 3 is 2.67 bits per heavy atom. The molecule has 5 nitrogen and oxygen atoms in total. The highest BCUT2D eigenvalue weighted by Gasteiger charge is 2.09. The molecule has 0 atom stereocenters. The second-order valence-electron chi connectivity index (χ2n) is 2.70. The number of primary sulfonamides is 1. The number of aliphatic carboxylic acids is 1. The van der Waals surface area contributed by atoms with E-state index in [1.165, 1.54) is 12.1 Å². The van der Waals surface area contributed by atoms with Crippen molar-refractivity contribution in [3.63, 3.8) is 0 Å². The summed E-state index contributed by atoms with van der Waals surface area (Å²) in [5, 5.41) is 13.3. The molecule has 0 aliphatic heterocycles. The van der Waals surface area contributed by atoms with Gasteiger partial charge in [0, 0.05) is 4.88 Å². The molecule has 0 amide bonds. The molecule has 1 aromatic rings. The summed E-state index contributed by atoms with van der Waals surface area (Å²) in [6.45, 7) is 0. The average Bonchev–Trinajstić information content (AvgIpc) is 2.51. The number of hydrogen-bond acceptors (Lipinski definition) is 4. The Balaban J connectivity index is 2.78. The second-order valence-corrected chi connectivity index (χ2v) is 5.61. The first kappa shape index (κ1) is 11.9. The van der Waals surface area contributed by atoms with E-state index in [0.29, 0.717) is 4.88 Å². The second kappa shape index (κ2) is 4.56. The van der Waals surface area contributed by atoms with Crippen LogP contribution in [0.1, 0.15) is 11.3 Å². The summed E-state index contributed by atoms with van der Waals surface area (Å²) < 4.78 is 21.9. The van der Waals surface area contributed by atoms with Crippen LogP contribution in [-0.4, -0.2) is 19.5 Å². The molecule has 15 heavy (non-hydrogen) atoms. The zero-order valence-electron chi connectivity index (χ0n) is 7.58. The fraction of sp³-hybridized carbons (Fsp3) is 0.125. The number of carboxylic acids is 1. The van der Waals surface area contributed by atoms with E-state index in [2.05, 4.69) is 0 Å². The molecule has 0 fully saturated rings. The van der Waals surface area contributed by atoms with Crippen molar-refractivity contribution in [1.29, 1.82) is 0 Å².